The Bertz CT molecular complexity index is 1210. The fourth-order valence-electron chi connectivity index (χ4n) is 3.86. The summed E-state index contributed by atoms with van der Waals surface area (Å²) in [6.45, 7) is 2.72. The number of H-pyrrole nitrogens is 1. The first kappa shape index (κ1) is 23.5. The van der Waals surface area contributed by atoms with Gasteiger partial charge in [0.25, 0.3) is 0 Å². The summed E-state index contributed by atoms with van der Waals surface area (Å²) in [6, 6.07) is 2.81. The maximum absolute atomic E-state index is 13.2. The number of sulfonamides is 1. The molecule has 4 heterocycles. The Hall–Kier alpha value is -2.67. The highest BCUT2D eigenvalue weighted by Crippen LogP contribution is 2.37. The van der Waals surface area contributed by atoms with E-state index < -0.39 is 15.8 Å². The zero-order chi connectivity index (χ0) is 23.6. The Kier molecular flexibility index (Phi) is 6.88. The van der Waals surface area contributed by atoms with Gasteiger partial charge in [0, 0.05) is 25.6 Å². The number of nitrogens with zero attached hydrogens (tertiary/aromatic N) is 5. The molecular formula is C20H23ClFN7O3S. The smallest absolute Gasteiger partial charge is 0.246 e. The quantitative estimate of drug-likeness (QED) is 0.454. The van der Waals surface area contributed by atoms with Crippen LogP contribution in [-0.4, -0.2) is 69.0 Å². The predicted octanol–water partition coefficient (Wildman–Crippen LogP) is 2.27. The van der Waals surface area contributed by atoms with E-state index in [1.165, 1.54) is 28.8 Å². The van der Waals surface area contributed by atoms with E-state index in [1.807, 2.05) is 6.92 Å². The second kappa shape index (κ2) is 9.67. The van der Waals surface area contributed by atoms with Crippen LogP contribution >= 0.6 is 11.6 Å². The number of aromatic amines is 1. The maximum atomic E-state index is 13.2. The third-order valence-electron chi connectivity index (χ3n) is 5.55. The van der Waals surface area contributed by atoms with Crippen molar-refractivity contribution in [2.75, 3.05) is 31.6 Å². The van der Waals surface area contributed by atoms with Gasteiger partial charge in [-0.1, -0.05) is 18.5 Å². The molecule has 176 valence electrons. The molecule has 1 fully saturated rings. The summed E-state index contributed by atoms with van der Waals surface area (Å²) in [4.78, 5) is 19.6. The van der Waals surface area contributed by atoms with Crippen LogP contribution in [0.1, 0.15) is 25.0 Å². The highest BCUT2D eigenvalue weighted by Gasteiger charge is 2.36. The second-order valence-electron chi connectivity index (χ2n) is 7.78. The highest BCUT2D eigenvalue weighted by molar-refractivity contribution is 7.89. The van der Waals surface area contributed by atoms with E-state index in [0.29, 0.717) is 35.3 Å². The number of nitrogens with one attached hydrogen (secondary N) is 2. The van der Waals surface area contributed by atoms with Crippen LogP contribution in [0.4, 0.5) is 10.3 Å². The molecule has 1 saturated heterocycles. The van der Waals surface area contributed by atoms with Gasteiger partial charge < -0.3 is 15.4 Å². The van der Waals surface area contributed by atoms with Gasteiger partial charge in [0.15, 0.2) is 11.0 Å². The van der Waals surface area contributed by atoms with E-state index in [1.54, 1.807) is 0 Å². The molecule has 0 spiro atoms. The molecule has 1 aliphatic heterocycles. The SMILES string of the molecule is C[C@H]1CN(S(=O)(=O)c2cnc(NCCO)nc2)CC[C@H]1c1[nH]c(-c2ccc(F)cn2)nc1Cl. The lowest BCUT2D eigenvalue weighted by Gasteiger charge is -2.35. The molecule has 3 aromatic heterocycles. The molecule has 4 rings (SSSR count). The molecule has 0 bridgehead atoms. The minimum absolute atomic E-state index is 0.00643. The van der Waals surface area contributed by atoms with E-state index in [2.05, 4.69) is 30.2 Å². The molecule has 0 amide bonds. The summed E-state index contributed by atoms with van der Waals surface area (Å²) in [5.74, 6) is 0.152. The van der Waals surface area contributed by atoms with Gasteiger partial charge in [0.05, 0.1) is 30.9 Å². The normalized spacial score (nSPS) is 19.5. The Labute approximate surface area is 195 Å². The summed E-state index contributed by atoms with van der Waals surface area (Å²) >= 11 is 6.38. The molecule has 0 saturated carbocycles. The van der Waals surface area contributed by atoms with Crippen LogP contribution in [0.15, 0.2) is 35.6 Å². The van der Waals surface area contributed by atoms with Crippen LogP contribution in [0, 0.1) is 11.7 Å². The van der Waals surface area contributed by atoms with Crippen LogP contribution < -0.4 is 5.32 Å². The fraction of sp³-hybridized carbons (Fsp3) is 0.400. The van der Waals surface area contributed by atoms with Crippen LogP contribution in [0.3, 0.4) is 0 Å². The molecule has 33 heavy (non-hydrogen) atoms. The van der Waals surface area contributed by atoms with Gasteiger partial charge in [-0.3, -0.25) is 0 Å². The molecule has 0 aromatic carbocycles. The molecule has 3 N–H and O–H groups in total. The number of imidazole rings is 1. The minimum Gasteiger partial charge on any atom is -0.395 e. The van der Waals surface area contributed by atoms with Crippen molar-refractivity contribution in [1.29, 1.82) is 0 Å². The monoisotopic (exact) mass is 495 g/mol. The van der Waals surface area contributed by atoms with Gasteiger partial charge in [-0.15, -0.1) is 0 Å². The van der Waals surface area contributed by atoms with E-state index in [9.17, 15) is 12.8 Å². The van der Waals surface area contributed by atoms with Crippen molar-refractivity contribution in [2.45, 2.75) is 24.2 Å². The predicted molar refractivity (Wildman–Crippen MR) is 120 cm³/mol. The molecule has 3 aromatic rings. The first-order valence-corrected chi connectivity index (χ1v) is 12.2. The topological polar surface area (TPSA) is 137 Å². The number of aromatic nitrogens is 5. The van der Waals surface area contributed by atoms with E-state index in [-0.39, 0.29) is 42.4 Å². The van der Waals surface area contributed by atoms with Crippen LogP contribution in [0.5, 0.6) is 0 Å². The Morgan fingerprint density at radius 3 is 2.67 bits per heavy atom. The van der Waals surface area contributed by atoms with Crippen molar-refractivity contribution in [3.63, 3.8) is 0 Å². The fourth-order valence-corrected chi connectivity index (χ4v) is 5.58. The van der Waals surface area contributed by atoms with Crippen LogP contribution in [0.25, 0.3) is 11.5 Å². The number of piperidine rings is 1. The Morgan fingerprint density at radius 2 is 2.03 bits per heavy atom. The zero-order valence-corrected chi connectivity index (χ0v) is 19.3. The van der Waals surface area contributed by atoms with Crippen molar-refractivity contribution in [3.8, 4) is 11.5 Å². The maximum Gasteiger partial charge on any atom is 0.246 e. The Balaban J connectivity index is 1.48. The highest BCUT2D eigenvalue weighted by atomic mass is 35.5. The third kappa shape index (κ3) is 4.98. The molecule has 0 radical (unpaired) electrons. The lowest BCUT2D eigenvalue weighted by Crippen LogP contribution is -2.42. The van der Waals surface area contributed by atoms with Gasteiger partial charge in [0.2, 0.25) is 16.0 Å². The Morgan fingerprint density at radius 1 is 1.27 bits per heavy atom. The summed E-state index contributed by atoms with van der Waals surface area (Å²) < 4.78 is 40.7. The van der Waals surface area contributed by atoms with Crippen molar-refractivity contribution in [1.82, 2.24) is 29.2 Å². The molecule has 0 aliphatic carbocycles. The van der Waals surface area contributed by atoms with Gasteiger partial charge in [-0.25, -0.2) is 32.7 Å². The van der Waals surface area contributed by atoms with Gasteiger partial charge in [-0.05, 0) is 24.5 Å². The number of hydrogen-bond acceptors (Lipinski definition) is 8. The third-order valence-corrected chi connectivity index (χ3v) is 7.66. The summed E-state index contributed by atoms with van der Waals surface area (Å²) in [6.07, 6.45) is 4.16. The lowest BCUT2D eigenvalue weighted by atomic mass is 9.86. The van der Waals surface area contributed by atoms with Crippen molar-refractivity contribution >= 4 is 27.6 Å². The van der Waals surface area contributed by atoms with Crippen molar-refractivity contribution in [2.24, 2.45) is 5.92 Å². The largest absolute Gasteiger partial charge is 0.395 e. The average molecular weight is 496 g/mol. The van der Waals surface area contributed by atoms with E-state index in [0.717, 1.165) is 6.20 Å². The summed E-state index contributed by atoms with van der Waals surface area (Å²) in [5, 5.41) is 11.9. The van der Waals surface area contributed by atoms with E-state index >= 15 is 0 Å². The van der Waals surface area contributed by atoms with Crippen LogP contribution in [-0.2, 0) is 10.0 Å². The average Bonchev–Trinajstić information content (AvgIpc) is 3.19. The number of aliphatic hydroxyl groups excluding tert-OH is 1. The molecule has 13 heteroatoms. The standard InChI is InChI=1S/C20H23ClFN7O3S/c1-12-11-29(33(31,32)14-9-25-20(26-10-14)23-5-7-30)6-4-15(12)17-18(21)28-19(27-17)16-3-2-13(22)8-24-16/h2-3,8-10,12,15,30H,4-7,11H2,1H3,(H,27,28)(H,23,25,26)/t12-,15+/m0/s1. The van der Waals surface area contributed by atoms with Crippen molar-refractivity contribution < 1.29 is 17.9 Å². The number of hydrogen-bond donors (Lipinski definition) is 3. The summed E-state index contributed by atoms with van der Waals surface area (Å²) in [5.41, 5.74) is 1.18. The molecule has 0 unspecified atom stereocenters. The molecular weight excluding hydrogens is 473 g/mol. The molecule has 2 atom stereocenters. The van der Waals surface area contributed by atoms with Crippen molar-refractivity contribution in [3.05, 3.63) is 47.4 Å². The second-order valence-corrected chi connectivity index (χ2v) is 10.1. The number of aliphatic hydroxyl groups is 1. The first-order chi connectivity index (χ1) is 15.8. The summed E-state index contributed by atoms with van der Waals surface area (Å²) in [7, 11) is -3.76. The molecule has 1 aliphatic rings. The number of anilines is 1. The van der Waals surface area contributed by atoms with E-state index in [4.69, 9.17) is 16.7 Å². The first-order valence-electron chi connectivity index (χ1n) is 10.3. The minimum atomic E-state index is -3.76. The number of halogens is 2. The lowest BCUT2D eigenvalue weighted by molar-refractivity contribution is 0.246. The van der Waals surface area contributed by atoms with Gasteiger partial charge >= 0.3 is 0 Å². The van der Waals surface area contributed by atoms with Gasteiger partial charge in [-0.2, -0.15) is 4.31 Å². The number of rotatable bonds is 7. The number of pyridine rings is 1. The van der Waals surface area contributed by atoms with Crippen LogP contribution in [0.2, 0.25) is 5.15 Å². The molecule has 10 nitrogen and oxygen atoms in total. The van der Waals surface area contributed by atoms with Gasteiger partial charge in [0.1, 0.15) is 16.4 Å². The zero-order valence-electron chi connectivity index (χ0n) is 17.7.